The number of hydrogen-bond donors (Lipinski definition) is 0. The molecule has 0 bridgehead atoms. The third-order valence-corrected chi connectivity index (χ3v) is 6.23. The summed E-state index contributed by atoms with van der Waals surface area (Å²) >= 11 is 0. The molecule has 0 saturated heterocycles. The van der Waals surface area contributed by atoms with Crippen LogP contribution >= 0.6 is 0 Å². The van der Waals surface area contributed by atoms with Crippen molar-refractivity contribution >= 4 is 21.9 Å². The Bertz CT molecular complexity index is 2060. The molecular weight excluding hydrogens is 454 g/mol. The molecule has 7 rings (SSSR count). The molecule has 0 fully saturated rings. The zero-order valence-electron chi connectivity index (χ0n) is 24.5. The van der Waals surface area contributed by atoms with Gasteiger partial charge >= 0.3 is 0 Å². The van der Waals surface area contributed by atoms with E-state index < -0.39 is 18.1 Å². The van der Waals surface area contributed by atoms with Gasteiger partial charge in [0.2, 0.25) is 0 Å². The Morgan fingerprint density at radius 3 is 1.78 bits per heavy atom. The molecule has 0 radical (unpaired) electrons. The maximum absolute atomic E-state index is 8.53. The first-order valence-corrected chi connectivity index (χ1v) is 11.8. The Morgan fingerprint density at radius 1 is 0.514 bits per heavy atom. The van der Waals surface area contributed by atoms with Gasteiger partial charge in [0.15, 0.2) is 17.5 Å². The first-order valence-electron chi connectivity index (χ1n) is 14.3. The summed E-state index contributed by atoms with van der Waals surface area (Å²) in [5.74, 6) is 1.53. The van der Waals surface area contributed by atoms with Crippen LogP contribution in [0.1, 0.15) is 6.85 Å². The number of aromatic nitrogens is 3. The highest BCUT2D eigenvalue weighted by atomic mass is 16.3. The van der Waals surface area contributed by atoms with E-state index in [1.807, 2.05) is 84.9 Å². The van der Waals surface area contributed by atoms with E-state index in [9.17, 15) is 0 Å². The molecule has 7 aromatic rings. The van der Waals surface area contributed by atoms with Crippen LogP contribution in [0.25, 0.3) is 67.2 Å². The van der Waals surface area contributed by atoms with Gasteiger partial charge in [-0.3, -0.25) is 0 Å². The summed E-state index contributed by atoms with van der Waals surface area (Å²) in [4.78, 5) is 14.6. The van der Waals surface area contributed by atoms with Crippen molar-refractivity contribution in [2.45, 2.75) is 0 Å². The normalized spacial score (nSPS) is 13.1. The molecule has 4 nitrogen and oxygen atoms in total. The minimum atomic E-state index is -0.439. The van der Waals surface area contributed by atoms with Gasteiger partial charge < -0.3 is 4.42 Å². The lowest BCUT2D eigenvalue weighted by molar-refractivity contribution is 0.670. The molecule has 0 saturated carbocycles. The average molecular weight is 481 g/mol. The number of furan rings is 1. The summed E-state index contributed by atoms with van der Waals surface area (Å²) in [5.41, 5.74) is 3.91. The zero-order valence-corrected chi connectivity index (χ0v) is 19.5. The van der Waals surface area contributed by atoms with Crippen molar-refractivity contribution in [3.8, 4) is 45.3 Å². The van der Waals surface area contributed by atoms with Crippen molar-refractivity contribution in [2.75, 3.05) is 0 Å². The van der Waals surface area contributed by atoms with E-state index in [1.54, 1.807) is 12.1 Å². The summed E-state index contributed by atoms with van der Waals surface area (Å²) < 4.78 is 47.7. The smallest absolute Gasteiger partial charge is 0.164 e. The van der Waals surface area contributed by atoms with Crippen LogP contribution in [0.3, 0.4) is 0 Å². The van der Waals surface area contributed by atoms with Gasteiger partial charge in [0, 0.05) is 33.0 Å². The SMILES string of the molecule is [2H]c1c([2H])c([2H])c(-c2cccc3c2oc2cccc(-c4nc(-c5ccccc5)nc(-c5ccccc5)n4)c23)c([2H])c1[2H]. The van der Waals surface area contributed by atoms with Crippen molar-refractivity contribution in [1.82, 2.24) is 15.0 Å². The Labute approximate surface area is 221 Å². The summed E-state index contributed by atoms with van der Waals surface area (Å²) in [7, 11) is 0. The van der Waals surface area contributed by atoms with Crippen molar-refractivity contribution in [1.29, 1.82) is 0 Å². The van der Waals surface area contributed by atoms with E-state index >= 15 is 0 Å². The number of nitrogens with zero attached hydrogens (tertiary/aromatic N) is 3. The monoisotopic (exact) mass is 480 g/mol. The van der Waals surface area contributed by atoms with Crippen LogP contribution in [0, 0.1) is 0 Å². The molecule has 0 aliphatic carbocycles. The Balaban J connectivity index is 1.51. The maximum Gasteiger partial charge on any atom is 0.164 e. The predicted octanol–water partition coefficient (Wildman–Crippen LogP) is 8.44. The van der Waals surface area contributed by atoms with Gasteiger partial charge in [0.05, 0.1) is 6.85 Å². The molecule has 0 aliphatic rings. The lowest BCUT2D eigenvalue weighted by atomic mass is 10.0. The zero-order chi connectivity index (χ0) is 29.0. The van der Waals surface area contributed by atoms with E-state index in [2.05, 4.69) is 0 Å². The van der Waals surface area contributed by atoms with E-state index in [1.165, 1.54) is 0 Å². The molecular formula is C33H21N3O. The molecule has 5 aromatic carbocycles. The van der Waals surface area contributed by atoms with E-state index in [4.69, 9.17) is 26.2 Å². The Kier molecular flexibility index (Phi) is 3.96. The van der Waals surface area contributed by atoms with Crippen molar-refractivity contribution < 1.29 is 11.3 Å². The highest BCUT2D eigenvalue weighted by Crippen LogP contribution is 2.40. The number of rotatable bonds is 4. The molecule has 0 unspecified atom stereocenters. The fourth-order valence-corrected chi connectivity index (χ4v) is 4.54. The van der Waals surface area contributed by atoms with Crippen LogP contribution in [-0.4, -0.2) is 15.0 Å². The average Bonchev–Trinajstić information content (AvgIpc) is 3.43. The maximum atomic E-state index is 8.53. The van der Waals surface area contributed by atoms with Gasteiger partial charge in [0.1, 0.15) is 11.2 Å². The quantitative estimate of drug-likeness (QED) is 0.254. The van der Waals surface area contributed by atoms with Crippen LogP contribution in [0.5, 0.6) is 0 Å². The second kappa shape index (κ2) is 8.85. The molecule has 0 aliphatic heterocycles. The van der Waals surface area contributed by atoms with Gasteiger partial charge in [-0.25, -0.2) is 15.0 Å². The Morgan fingerprint density at radius 2 is 1.11 bits per heavy atom. The van der Waals surface area contributed by atoms with Gasteiger partial charge in [-0.1, -0.05) is 121 Å². The summed E-state index contributed by atoms with van der Waals surface area (Å²) in [6.45, 7) is 0. The van der Waals surface area contributed by atoms with Gasteiger partial charge in [-0.05, 0) is 11.6 Å². The van der Waals surface area contributed by atoms with Crippen LogP contribution in [0.2, 0.25) is 0 Å². The molecule has 0 amide bonds. The van der Waals surface area contributed by atoms with Crippen molar-refractivity contribution in [2.24, 2.45) is 0 Å². The largest absolute Gasteiger partial charge is 0.455 e. The minimum Gasteiger partial charge on any atom is -0.455 e. The lowest BCUT2D eigenvalue weighted by Crippen LogP contribution is -2.00. The van der Waals surface area contributed by atoms with Crippen LogP contribution in [0.4, 0.5) is 0 Å². The highest BCUT2D eigenvalue weighted by molar-refractivity contribution is 6.14. The second-order valence-electron chi connectivity index (χ2n) is 8.50. The number of fused-ring (bicyclic) bond motifs is 3. The minimum absolute atomic E-state index is 0.0881. The molecule has 174 valence electrons. The van der Waals surface area contributed by atoms with E-state index in [0.717, 1.165) is 22.1 Å². The lowest BCUT2D eigenvalue weighted by Gasteiger charge is -2.09. The fourth-order valence-electron chi connectivity index (χ4n) is 4.54. The predicted molar refractivity (Wildman–Crippen MR) is 149 cm³/mol. The number of para-hydroxylation sites is 1. The third kappa shape index (κ3) is 3.76. The molecule has 4 heteroatoms. The van der Waals surface area contributed by atoms with Crippen LogP contribution in [-0.2, 0) is 0 Å². The van der Waals surface area contributed by atoms with E-state index in [-0.39, 0.29) is 17.6 Å². The molecule has 2 aromatic heterocycles. The third-order valence-electron chi connectivity index (χ3n) is 6.23. The van der Waals surface area contributed by atoms with Gasteiger partial charge in [0.25, 0.3) is 0 Å². The second-order valence-corrected chi connectivity index (χ2v) is 8.50. The van der Waals surface area contributed by atoms with Crippen molar-refractivity contribution in [3.63, 3.8) is 0 Å². The number of hydrogen-bond acceptors (Lipinski definition) is 4. The van der Waals surface area contributed by atoms with Crippen LogP contribution < -0.4 is 0 Å². The summed E-state index contributed by atoms with van der Waals surface area (Å²) in [5, 5.41) is 1.47. The standard InChI is InChI=1S/C33H21N3O/c1-4-12-22(13-5-1)25-18-10-19-26-29-27(20-11-21-28(29)37-30(25)26)33-35-31(23-14-6-2-7-15-23)34-32(36-33)24-16-8-3-9-17-24/h1-21H/i1D,4D,5D,12D,13D. The molecule has 37 heavy (non-hydrogen) atoms. The Hall–Kier alpha value is -5.09. The van der Waals surface area contributed by atoms with Gasteiger partial charge in [-0.2, -0.15) is 0 Å². The van der Waals surface area contributed by atoms with Crippen molar-refractivity contribution in [3.05, 3.63) is 127 Å². The topological polar surface area (TPSA) is 51.8 Å². The molecule has 0 atom stereocenters. The van der Waals surface area contributed by atoms with E-state index in [0.29, 0.717) is 39.6 Å². The first-order chi connectivity index (χ1) is 20.4. The summed E-state index contributed by atoms with van der Waals surface area (Å²) in [6, 6.07) is 28.6. The fraction of sp³-hybridized carbons (Fsp3) is 0. The first kappa shape index (κ1) is 16.6. The van der Waals surface area contributed by atoms with Gasteiger partial charge in [-0.15, -0.1) is 0 Å². The van der Waals surface area contributed by atoms with Crippen LogP contribution in [0.15, 0.2) is 132 Å². The summed E-state index contributed by atoms with van der Waals surface area (Å²) in [6.07, 6.45) is 0. The highest BCUT2D eigenvalue weighted by Gasteiger charge is 2.19. The number of benzene rings is 5. The molecule has 0 N–H and O–H groups in total. The molecule has 0 spiro atoms. The molecule has 2 heterocycles.